The molecule has 1 heterocycles. The van der Waals surface area contributed by atoms with Crippen LogP contribution in [0.1, 0.15) is 33.1 Å². The van der Waals surface area contributed by atoms with Gasteiger partial charge in [-0.3, -0.25) is 4.79 Å². The molecule has 0 aliphatic carbocycles. The molecular weight excluding hydrogens is 178 g/mol. The summed E-state index contributed by atoms with van der Waals surface area (Å²) < 4.78 is 5.64. The van der Waals surface area contributed by atoms with Gasteiger partial charge in [0.2, 0.25) is 5.91 Å². The molecule has 80 valence electrons. The third kappa shape index (κ3) is 2.84. The van der Waals surface area contributed by atoms with Crippen LogP contribution < -0.4 is 5.32 Å². The fourth-order valence-corrected chi connectivity index (χ4v) is 1.76. The van der Waals surface area contributed by atoms with Gasteiger partial charge in [0.15, 0.2) is 0 Å². The number of ether oxygens (including phenoxy) is 1. The first-order chi connectivity index (χ1) is 6.56. The Hall–Kier alpha value is -0.830. The summed E-state index contributed by atoms with van der Waals surface area (Å²) in [5, 5.41) is 2.89. The molecule has 1 saturated heterocycles. The standard InChI is InChI=1S/C11H19NO2/c1-4-10(13)12-11(2,3)9-7-5-6-8-14-9/h4,9H,1,5-8H2,2-3H3,(H,12,13). The number of nitrogens with one attached hydrogen (secondary N) is 1. The molecule has 1 aliphatic rings. The minimum Gasteiger partial charge on any atom is -0.376 e. The van der Waals surface area contributed by atoms with Crippen LogP contribution in [0, 0.1) is 0 Å². The van der Waals surface area contributed by atoms with Gasteiger partial charge in [-0.1, -0.05) is 6.58 Å². The molecule has 1 N–H and O–H groups in total. The normalized spacial score (nSPS) is 22.9. The van der Waals surface area contributed by atoms with Gasteiger partial charge in [-0.05, 0) is 39.2 Å². The van der Waals surface area contributed by atoms with Crippen molar-refractivity contribution in [1.29, 1.82) is 0 Å². The second-order valence-electron chi connectivity index (χ2n) is 4.27. The predicted molar refractivity (Wildman–Crippen MR) is 56.0 cm³/mol. The maximum atomic E-state index is 11.2. The second-order valence-corrected chi connectivity index (χ2v) is 4.27. The first-order valence-corrected chi connectivity index (χ1v) is 5.12. The van der Waals surface area contributed by atoms with E-state index in [1.807, 2.05) is 13.8 Å². The smallest absolute Gasteiger partial charge is 0.243 e. The summed E-state index contributed by atoms with van der Waals surface area (Å²) >= 11 is 0. The number of carbonyl (C=O) groups excluding carboxylic acids is 1. The summed E-state index contributed by atoms with van der Waals surface area (Å²) in [6.07, 6.45) is 4.75. The van der Waals surface area contributed by atoms with E-state index in [0.29, 0.717) is 0 Å². The Morgan fingerprint density at radius 2 is 2.29 bits per heavy atom. The van der Waals surface area contributed by atoms with Crippen LogP contribution in [0.3, 0.4) is 0 Å². The number of hydrogen-bond acceptors (Lipinski definition) is 2. The highest BCUT2D eigenvalue weighted by atomic mass is 16.5. The van der Waals surface area contributed by atoms with Crippen molar-refractivity contribution < 1.29 is 9.53 Å². The van der Waals surface area contributed by atoms with Crippen molar-refractivity contribution in [3.8, 4) is 0 Å². The number of rotatable bonds is 3. The molecule has 1 aliphatic heterocycles. The van der Waals surface area contributed by atoms with Crippen LogP contribution in [0.5, 0.6) is 0 Å². The van der Waals surface area contributed by atoms with Crippen LogP contribution in [0.4, 0.5) is 0 Å². The Labute approximate surface area is 85.5 Å². The Bertz CT molecular complexity index is 217. The van der Waals surface area contributed by atoms with E-state index in [-0.39, 0.29) is 17.6 Å². The lowest BCUT2D eigenvalue weighted by atomic mass is 9.91. The Kier molecular flexibility index (Phi) is 3.69. The highest BCUT2D eigenvalue weighted by Crippen LogP contribution is 2.22. The van der Waals surface area contributed by atoms with E-state index in [2.05, 4.69) is 11.9 Å². The van der Waals surface area contributed by atoms with E-state index in [4.69, 9.17) is 4.74 Å². The lowest BCUT2D eigenvalue weighted by Crippen LogP contribution is -2.53. The molecule has 0 spiro atoms. The molecule has 0 bridgehead atoms. The molecule has 0 aromatic heterocycles. The van der Waals surface area contributed by atoms with Crippen LogP contribution in [-0.4, -0.2) is 24.2 Å². The lowest BCUT2D eigenvalue weighted by molar-refractivity contribution is -0.121. The third-order valence-corrected chi connectivity index (χ3v) is 2.62. The molecule has 1 fully saturated rings. The van der Waals surface area contributed by atoms with Crippen molar-refractivity contribution in [2.75, 3.05) is 6.61 Å². The number of hydrogen-bond donors (Lipinski definition) is 1. The van der Waals surface area contributed by atoms with Crippen LogP contribution in [0.2, 0.25) is 0 Å². The van der Waals surface area contributed by atoms with E-state index < -0.39 is 0 Å². The van der Waals surface area contributed by atoms with Crippen LogP contribution in [0.15, 0.2) is 12.7 Å². The summed E-state index contributed by atoms with van der Waals surface area (Å²) in [7, 11) is 0. The molecule has 0 aromatic carbocycles. The van der Waals surface area contributed by atoms with E-state index in [1.54, 1.807) is 0 Å². The van der Waals surface area contributed by atoms with Crippen molar-refractivity contribution in [1.82, 2.24) is 5.32 Å². The molecule has 14 heavy (non-hydrogen) atoms. The van der Waals surface area contributed by atoms with Gasteiger partial charge >= 0.3 is 0 Å². The monoisotopic (exact) mass is 197 g/mol. The van der Waals surface area contributed by atoms with Crippen LogP contribution >= 0.6 is 0 Å². The molecule has 1 rings (SSSR count). The zero-order chi connectivity index (χ0) is 10.6. The first-order valence-electron chi connectivity index (χ1n) is 5.12. The Balaban J connectivity index is 2.53. The van der Waals surface area contributed by atoms with Crippen LogP contribution in [-0.2, 0) is 9.53 Å². The largest absolute Gasteiger partial charge is 0.376 e. The molecule has 0 radical (unpaired) electrons. The third-order valence-electron chi connectivity index (χ3n) is 2.62. The SMILES string of the molecule is C=CC(=O)NC(C)(C)C1CCCCO1. The summed E-state index contributed by atoms with van der Waals surface area (Å²) in [5.41, 5.74) is -0.300. The maximum absolute atomic E-state index is 11.2. The fraction of sp³-hybridized carbons (Fsp3) is 0.727. The number of amides is 1. The van der Waals surface area contributed by atoms with Gasteiger partial charge in [0.1, 0.15) is 0 Å². The lowest BCUT2D eigenvalue weighted by Gasteiger charge is -2.37. The van der Waals surface area contributed by atoms with E-state index in [0.717, 1.165) is 19.4 Å². The molecule has 3 heteroatoms. The highest BCUT2D eigenvalue weighted by molar-refractivity contribution is 5.87. The molecule has 0 saturated carbocycles. The molecule has 0 aromatic rings. The highest BCUT2D eigenvalue weighted by Gasteiger charge is 2.32. The molecule has 3 nitrogen and oxygen atoms in total. The fourth-order valence-electron chi connectivity index (χ4n) is 1.76. The summed E-state index contributed by atoms with van der Waals surface area (Å²) in [6.45, 7) is 8.22. The Morgan fingerprint density at radius 1 is 1.57 bits per heavy atom. The minimum atomic E-state index is -0.300. The Morgan fingerprint density at radius 3 is 2.79 bits per heavy atom. The maximum Gasteiger partial charge on any atom is 0.243 e. The first kappa shape index (κ1) is 11.2. The van der Waals surface area contributed by atoms with Gasteiger partial charge in [0, 0.05) is 6.61 Å². The van der Waals surface area contributed by atoms with Crippen molar-refractivity contribution in [3.63, 3.8) is 0 Å². The second kappa shape index (κ2) is 4.60. The predicted octanol–water partition coefficient (Wildman–Crippen LogP) is 1.64. The van der Waals surface area contributed by atoms with Crippen molar-refractivity contribution in [2.24, 2.45) is 0 Å². The van der Waals surface area contributed by atoms with Gasteiger partial charge in [-0.25, -0.2) is 0 Å². The average molecular weight is 197 g/mol. The van der Waals surface area contributed by atoms with Gasteiger partial charge in [-0.15, -0.1) is 0 Å². The zero-order valence-electron chi connectivity index (χ0n) is 9.01. The van der Waals surface area contributed by atoms with Gasteiger partial charge < -0.3 is 10.1 Å². The zero-order valence-corrected chi connectivity index (χ0v) is 9.01. The quantitative estimate of drug-likeness (QED) is 0.698. The summed E-state index contributed by atoms with van der Waals surface area (Å²) in [4.78, 5) is 11.2. The molecule has 1 atom stereocenters. The van der Waals surface area contributed by atoms with Crippen molar-refractivity contribution in [2.45, 2.75) is 44.8 Å². The molecule has 1 unspecified atom stereocenters. The summed E-state index contributed by atoms with van der Waals surface area (Å²) in [6, 6.07) is 0. The molecular formula is C11H19NO2. The van der Waals surface area contributed by atoms with Crippen molar-refractivity contribution >= 4 is 5.91 Å². The van der Waals surface area contributed by atoms with Gasteiger partial charge in [0.25, 0.3) is 0 Å². The van der Waals surface area contributed by atoms with E-state index >= 15 is 0 Å². The summed E-state index contributed by atoms with van der Waals surface area (Å²) in [5.74, 6) is -0.135. The minimum absolute atomic E-state index is 0.125. The van der Waals surface area contributed by atoms with Crippen LogP contribution in [0.25, 0.3) is 0 Å². The average Bonchev–Trinajstić information content (AvgIpc) is 2.18. The van der Waals surface area contributed by atoms with E-state index in [9.17, 15) is 4.79 Å². The topological polar surface area (TPSA) is 38.3 Å². The van der Waals surface area contributed by atoms with Gasteiger partial charge in [0.05, 0.1) is 11.6 Å². The van der Waals surface area contributed by atoms with E-state index in [1.165, 1.54) is 12.5 Å². The van der Waals surface area contributed by atoms with Crippen molar-refractivity contribution in [3.05, 3.63) is 12.7 Å². The molecule has 1 amide bonds. The van der Waals surface area contributed by atoms with Gasteiger partial charge in [-0.2, -0.15) is 0 Å². The number of carbonyl (C=O) groups is 1.